The van der Waals surface area contributed by atoms with Crippen LogP contribution in [-0.2, 0) is 0 Å². The number of hydrogen-bond acceptors (Lipinski definition) is 3. The Labute approximate surface area is 122 Å². The number of nitrogens with zero attached hydrogens (tertiary/aromatic N) is 1. The largest absolute Gasteiger partial charge is 0.478 e. The Hall–Kier alpha value is -1.68. The fraction of sp³-hybridized carbons (Fsp3) is 0.375. The van der Waals surface area contributed by atoms with Crippen molar-refractivity contribution in [2.24, 2.45) is 0 Å². The molecular weight excluding hydrogens is 270 g/mol. The van der Waals surface area contributed by atoms with Gasteiger partial charge in [0.2, 0.25) is 0 Å². The third-order valence-corrected chi connectivity index (χ3v) is 4.81. The number of aromatic carboxylic acids is 1. The molecule has 1 heterocycles. The normalized spacial score (nSPS) is 16.2. The van der Waals surface area contributed by atoms with Gasteiger partial charge in [-0.15, -0.1) is 11.3 Å². The Morgan fingerprint density at radius 3 is 2.80 bits per heavy atom. The Morgan fingerprint density at radius 1 is 1.25 bits per heavy atom. The van der Waals surface area contributed by atoms with Gasteiger partial charge in [0, 0.05) is 16.9 Å². The zero-order valence-corrected chi connectivity index (χ0v) is 12.0. The molecule has 0 saturated heterocycles. The minimum Gasteiger partial charge on any atom is -0.478 e. The lowest BCUT2D eigenvalue weighted by Crippen LogP contribution is -2.04. The molecule has 1 aromatic carbocycles. The molecule has 0 bridgehead atoms. The summed E-state index contributed by atoms with van der Waals surface area (Å²) < 4.78 is 0. The maximum Gasteiger partial charge on any atom is 0.335 e. The first-order chi connectivity index (χ1) is 9.74. The molecule has 1 N–H and O–H groups in total. The van der Waals surface area contributed by atoms with Gasteiger partial charge in [-0.25, -0.2) is 9.78 Å². The molecule has 0 radical (unpaired) electrons. The van der Waals surface area contributed by atoms with Crippen LogP contribution in [0.15, 0.2) is 29.6 Å². The second-order valence-electron chi connectivity index (χ2n) is 5.30. The third kappa shape index (κ3) is 2.75. The standard InChI is InChI=1S/C16H17NO2S/c18-16(19)13-8-4-7-12(9-13)15-17-14(10-20-15)11-5-2-1-3-6-11/h4,7-11H,1-3,5-6H2,(H,18,19). The van der Waals surface area contributed by atoms with E-state index in [0.29, 0.717) is 11.5 Å². The van der Waals surface area contributed by atoms with Crippen LogP contribution >= 0.6 is 11.3 Å². The lowest BCUT2D eigenvalue weighted by Gasteiger charge is -2.19. The monoisotopic (exact) mass is 287 g/mol. The van der Waals surface area contributed by atoms with E-state index >= 15 is 0 Å². The molecule has 1 aliphatic rings. The molecule has 1 aromatic heterocycles. The second kappa shape index (κ2) is 5.75. The van der Waals surface area contributed by atoms with E-state index < -0.39 is 5.97 Å². The number of carboxylic acid groups (broad SMARTS) is 1. The van der Waals surface area contributed by atoms with Crippen LogP contribution in [0.2, 0.25) is 0 Å². The molecule has 0 spiro atoms. The lowest BCUT2D eigenvalue weighted by molar-refractivity contribution is 0.0697. The maximum absolute atomic E-state index is 11.0. The predicted octanol–water partition coefficient (Wildman–Crippen LogP) is 4.56. The van der Waals surface area contributed by atoms with Crippen LogP contribution in [-0.4, -0.2) is 16.1 Å². The van der Waals surface area contributed by atoms with Crippen molar-refractivity contribution in [2.75, 3.05) is 0 Å². The minimum atomic E-state index is -0.893. The quantitative estimate of drug-likeness (QED) is 0.900. The Bertz CT molecular complexity index is 614. The van der Waals surface area contributed by atoms with Gasteiger partial charge in [0.1, 0.15) is 5.01 Å². The first-order valence-electron chi connectivity index (χ1n) is 7.03. The Kier molecular flexibility index (Phi) is 3.83. The summed E-state index contributed by atoms with van der Waals surface area (Å²) in [6.07, 6.45) is 6.41. The van der Waals surface area contributed by atoms with Gasteiger partial charge in [-0.1, -0.05) is 31.4 Å². The summed E-state index contributed by atoms with van der Waals surface area (Å²) in [6, 6.07) is 7.02. The van der Waals surface area contributed by atoms with Crippen molar-refractivity contribution >= 4 is 17.3 Å². The first kappa shape index (κ1) is 13.3. The highest BCUT2D eigenvalue weighted by Gasteiger charge is 2.18. The first-order valence-corrected chi connectivity index (χ1v) is 7.91. The highest BCUT2D eigenvalue weighted by molar-refractivity contribution is 7.13. The molecule has 4 heteroatoms. The van der Waals surface area contributed by atoms with Crippen LogP contribution in [0, 0.1) is 0 Å². The van der Waals surface area contributed by atoms with E-state index in [4.69, 9.17) is 10.1 Å². The van der Waals surface area contributed by atoms with E-state index in [1.807, 2.05) is 6.07 Å². The number of aromatic nitrogens is 1. The van der Waals surface area contributed by atoms with Crippen molar-refractivity contribution in [3.05, 3.63) is 40.9 Å². The van der Waals surface area contributed by atoms with Crippen LogP contribution < -0.4 is 0 Å². The molecule has 2 aromatic rings. The van der Waals surface area contributed by atoms with Crippen molar-refractivity contribution in [1.29, 1.82) is 0 Å². The van der Waals surface area contributed by atoms with Gasteiger partial charge in [0.05, 0.1) is 11.3 Å². The van der Waals surface area contributed by atoms with E-state index in [9.17, 15) is 4.79 Å². The van der Waals surface area contributed by atoms with Crippen molar-refractivity contribution in [1.82, 2.24) is 4.98 Å². The van der Waals surface area contributed by atoms with Crippen molar-refractivity contribution in [2.45, 2.75) is 38.0 Å². The van der Waals surface area contributed by atoms with Crippen LogP contribution in [0.3, 0.4) is 0 Å². The molecule has 0 amide bonds. The van der Waals surface area contributed by atoms with E-state index in [2.05, 4.69) is 5.38 Å². The highest BCUT2D eigenvalue weighted by Crippen LogP contribution is 2.35. The lowest BCUT2D eigenvalue weighted by atomic mass is 9.87. The van der Waals surface area contributed by atoms with Crippen molar-refractivity contribution < 1.29 is 9.90 Å². The molecule has 0 unspecified atom stereocenters. The molecule has 0 atom stereocenters. The number of benzene rings is 1. The summed E-state index contributed by atoms with van der Waals surface area (Å²) in [6.45, 7) is 0. The molecule has 3 nitrogen and oxygen atoms in total. The van der Waals surface area contributed by atoms with Crippen LogP contribution in [0.25, 0.3) is 10.6 Å². The number of carboxylic acids is 1. The van der Waals surface area contributed by atoms with E-state index in [1.165, 1.54) is 37.8 Å². The van der Waals surface area contributed by atoms with Crippen molar-refractivity contribution in [3.63, 3.8) is 0 Å². The van der Waals surface area contributed by atoms with E-state index in [1.54, 1.807) is 29.5 Å². The Morgan fingerprint density at radius 2 is 2.05 bits per heavy atom. The number of thiazole rings is 1. The Balaban J connectivity index is 1.85. The molecule has 1 fully saturated rings. The van der Waals surface area contributed by atoms with Crippen LogP contribution in [0.4, 0.5) is 0 Å². The third-order valence-electron chi connectivity index (χ3n) is 3.90. The fourth-order valence-electron chi connectivity index (χ4n) is 2.79. The van der Waals surface area contributed by atoms with Gasteiger partial charge < -0.3 is 5.11 Å². The minimum absolute atomic E-state index is 0.317. The van der Waals surface area contributed by atoms with Gasteiger partial charge >= 0.3 is 5.97 Å². The van der Waals surface area contributed by atoms with Gasteiger partial charge in [0.25, 0.3) is 0 Å². The summed E-state index contributed by atoms with van der Waals surface area (Å²) in [7, 11) is 0. The second-order valence-corrected chi connectivity index (χ2v) is 6.16. The number of rotatable bonds is 3. The molecule has 1 saturated carbocycles. The molecule has 20 heavy (non-hydrogen) atoms. The average molecular weight is 287 g/mol. The van der Waals surface area contributed by atoms with E-state index in [0.717, 1.165) is 10.6 Å². The number of hydrogen-bond donors (Lipinski definition) is 1. The van der Waals surface area contributed by atoms with Gasteiger partial charge in [-0.3, -0.25) is 0 Å². The SMILES string of the molecule is O=C(O)c1cccc(-c2nc(C3CCCCC3)cs2)c1. The summed E-state index contributed by atoms with van der Waals surface area (Å²) >= 11 is 1.61. The van der Waals surface area contributed by atoms with Crippen LogP contribution in [0.1, 0.15) is 54.1 Å². The summed E-state index contributed by atoms with van der Waals surface area (Å²) in [4.78, 5) is 15.8. The molecular formula is C16H17NO2S. The van der Waals surface area contributed by atoms with Gasteiger partial charge in [-0.05, 0) is 25.0 Å². The molecule has 0 aliphatic heterocycles. The predicted molar refractivity (Wildman–Crippen MR) is 80.3 cm³/mol. The van der Waals surface area contributed by atoms with Crippen molar-refractivity contribution in [3.8, 4) is 10.6 Å². The smallest absolute Gasteiger partial charge is 0.335 e. The average Bonchev–Trinajstić information content (AvgIpc) is 2.98. The highest BCUT2D eigenvalue weighted by atomic mass is 32.1. The fourth-order valence-corrected chi connectivity index (χ4v) is 3.69. The van der Waals surface area contributed by atoms with Gasteiger partial charge in [0.15, 0.2) is 0 Å². The summed E-state index contributed by atoms with van der Waals surface area (Å²) in [5, 5.41) is 12.1. The summed E-state index contributed by atoms with van der Waals surface area (Å²) in [5.74, 6) is -0.299. The zero-order valence-electron chi connectivity index (χ0n) is 11.2. The van der Waals surface area contributed by atoms with Crippen LogP contribution in [0.5, 0.6) is 0 Å². The topological polar surface area (TPSA) is 50.2 Å². The molecule has 104 valence electrons. The molecule has 3 rings (SSSR count). The number of carbonyl (C=O) groups is 1. The maximum atomic E-state index is 11.0. The summed E-state index contributed by atoms with van der Waals surface area (Å²) in [5.41, 5.74) is 2.40. The van der Waals surface area contributed by atoms with Gasteiger partial charge in [-0.2, -0.15) is 0 Å². The van der Waals surface area contributed by atoms with E-state index in [-0.39, 0.29) is 0 Å². The molecule has 1 aliphatic carbocycles. The zero-order chi connectivity index (χ0) is 13.9.